The number of hydrogen-bond donors (Lipinski definition) is 1. The van der Waals surface area contributed by atoms with Crippen LogP contribution in [0.25, 0.3) is 21.8 Å². The van der Waals surface area contributed by atoms with Crippen molar-refractivity contribution in [3.63, 3.8) is 0 Å². The van der Waals surface area contributed by atoms with E-state index >= 15 is 0 Å². The van der Waals surface area contributed by atoms with E-state index in [1.54, 1.807) is 13.3 Å². The number of aliphatic hydroxyl groups excluding tert-OH is 1. The molecular weight excluding hydrogens is 442 g/mol. The summed E-state index contributed by atoms with van der Waals surface area (Å²) in [5.41, 5.74) is 2.53. The van der Waals surface area contributed by atoms with Gasteiger partial charge in [0.25, 0.3) is 0 Å². The van der Waals surface area contributed by atoms with E-state index in [9.17, 15) is 5.11 Å². The average molecular weight is 474 g/mol. The molecule has 4 aromatic rings. The van der Waals surface area contributed by atoms with Crippen LogP contribution in [0.15, 0.2) is 54.7 Å². The SMILES string of the molecule is COc1cc2c(Oc3cc4ccccc4nc3C)ccnc2cc1OCCN1CCCC(CO)C1. The van der Waals surface area contributed by atoms with Crippen LogP contribution in [0.2, 0.25) is 0 Å². The van der Waals surface area contributed by atoms with Crippen LogP contribution < -0.4 is 14.2 Å². The number of nitrogens with zero attached hydrogens (tertiary/aromatic N) is 3. The third-order valence-corrected chi connectivity index (χ3v) is 6.60. The molecule has 0 radical (unpaired) electrons. The van der Waals surface area contributed by atoms with Crippen molar-refractivity contribution in [1.29, 1.82) is 0 Å². The summed E-state index contributed by atoms with van der Waals surface area (Å²) >= 11 is 0. The van der Waals surface area contributed by atoms with Gasteiger partial charge in [0.1, 0.15) is 18.1 Å². The number of aliphatic hydroxyl groups is 1. The summed E-state index contributed by atoms with van der Waals surface area (Å²) in [6.45, 7) is 5.50. The topological polar surface area (TPSA) is 76.9 Å². The van der Waals surface area contributed by atoms with E-state index in [0.29, 0.717) is 35.5 Å². The molecule has 1 atom stereocenters. The summed E-state index contributed by atoms with van der Waals surface area (Å²) in [6, 6.07) is 15.7. The molecule has 7 heteroatoms. The molecule has 35 heavy (non-hydrogen) atoms. The van der Waals surface area contributed by atoms with Gasteiger partial charge in [-0.05, 0) is 56.5 Å². The Morgan fingerprint density at radius 1 is 1.03 bits per heavy atom. The molecule has 0 amide bonds. The first-order valence-electron chi connectivity index (χ1n) is 12.1. The van der Waals surface area contributed by atoms with Crippen LogP contribution in [0.4, 0.5) is 0 Å². The number of hydrogen-bond acceptors (Lipinski definition) is 7. The van der Waals surface area contributed by atoms with Gasteiger partial charge in [-0.3, -0.25) is 9.88 Å². The Morgan fingerprint density at radius 3 is 2.77 bits per heavy atom. The van der Waals surface area contributed by atoms with Gasteiger partial charge in [0, 0.05) is 42.7 Å². The van der Waals surface area contributed by atoms with Gasteiger partial charge in [-0.2, -0.15) is 0 Å². The van der Waals surface area contributed by atoms with Gasteiger partial charge in [0.15, 0.2) is 11.5 Å². The minimum absolute atomic E-state index is 0.251. The molecule has 1 aliphatic rings. The van der Waals surface area contributed by atoms with Crippen molar-refractivity contribution in [1.82, 2.24) is 14.9 Å². The fourth-order valence-corrected chi connectivity index (χ4v) is 4.69. The van der Waals surface area contributed by atoms with Gasteiger partial charge in [-0.1, -0.05) is 18.2 Å². The Labute approximate surface area is 205 Å². The fourth-order valence-electron chi connectivity index (χ4n) is 4.69. The Kier molecular flexibility index (Phi) is 6.97. The predicted octanol–water partition coefficient (Wildman–Crippen LogP) is 4.98. The van der Waals surface area contributed by atoms with Crippen molar-refractivity contribution in [2.24, 2.45) is 5.92 Å². The molecule has 0 spiro atoms. The van der Waals surface area contributed by atoms with Crippen LogP contribution in [-0.2, 0) is 0 Å². The standard InChI is InChI=1S/C28H31N3O4/c1-19-26(14-21-7-3-4-8-23(21)30-19)35-25-9-10-29-24-16-28(27(33-2)15-22(24)25)34-13-12-31-11-5-6-20(17-31)18-32/h3-4,7-10,14-16,20,32H,5-6,11-13,17-18H2,1-2H3. The van der Waals surface area contributed by atoms with E-state index in [0.717, 1.165) is 60.0 Å². The number of para-hydroxylation sites is 1. The number of aromatic nitrogens is 2. The van der Waals surface area contributed by atoms with Gasteiger partial charge in [0.2, 0.25) is 0 Å². The number of aryl methyl sites for hydroxylation is 1. The van der Waals surface area contributed by atoms with Crippen LogP contribution in [-0.4, -0.2) is 59.9 Å². The zero-order chi connectivity index (χ0) is 24.2. The molecule has 0 aliphatic carbocycles. The lowest BCUT2D eigenvalue weighted by Gasteiger charge is -2.31. The second kappa shape index (κ2) is 10.5. The molecule has 7 nitrogen and oxygen atoms in total. The van der Waals surface area contributed by atoms with E-state index in [1.807, 2.05) is 55.5 Å². The third-order valence-electron chi connectivity index (χ3n) is 6.60. The zero-order valence-electron chi connectivity index (χ0n) is 20.2. The van der Waals surface area contributed by atoms with E-state index in [1.165, 1.54) is 0 Å². The van der Waals surface area contributed by atoms with Crippen LogP contribution >= 0.6 is 0 Å². The molecule has 1 aliphatic heterocycles. The van der Waals surface area contributed by atoms with Crippen molar-refractivity contribution in [2.45, 2.75) is 19.8 Å². The van der Waals surface area contributed by atoms with Crippen LogP contribution in [0.1, 0.15) is 18.5 Å². The van der Waals surface area contributed by atoms with Crippen molar-refractivity contribution in [3.8, 4) is 23.0 Å². The normalized spacial score (nSPS) is 16.5. The monoisotopic (exact) mass is 473 g/mol. The summed E-state index contributed by atoms with van der Waals surface area (Å²) < 4.78 is 18.1. The highest BCUT2D eigenvalue weighted by molar-refractivity contribution is 5.88. The van der Waals surface area contributed by atoms with Gasteiger partial charge >= 0.3 is 0 Å². The minimum Gasteiger partial charge on any atom is -0.493 e. The molecule has 1 N–H and O–H groups in total. The van der Waals surface area contributed by atoms with Crippen molar-refractivity contribution in [3.05, 3.63) is 60.4 Å². The number of fused-ring (bicyclic) bond motifs is 2. The van der Waals surface area contributed by atoms with Crippen LogP contribution in [0, 0.1) is 12.8 Å². The Bertz CT molecular complexity index is 1330. The van der Waals surface area contributed by atoms with E-state index < -0.39 is 0 Å². The number of rotatable bonds is 8. The summed E-state index contributed by atoms with van der Waals surface area (Å²) in [5, 5.41) is 11.3. The van der Waals surface area contributed by atoms with Gasteiger partial charge < -0.3 is 19.3 Å². The maximum atomic E-state index is 9.46. The van der Waals surface area contributed by atoms with Crippen LogP contribution in [0.3, 0.4) is 0 Å². The molecule has 182 valence electrons. The van der Waals surface area contributed by atoms with Crippen molar-refractivity contribution < 1.29 is 19.3 Å². The maximum absolute atomic E-state index is 9.46. The first-order valence-corrected chi connectivity index (χ1v) is 12.1. The quantitative estimate of drug-likeness (QED) is 0.387. The van der Waals surface area contributed by atoms with Gasteiger partial charge in [0.05, 0.1) is 23.8 Å². The number of ether oxygens (including phenoxy) is 3. The number of pyridine rings is 2. The van der Waals surface area contributed by atoms with E-state index in [-0.39, 0.29) is 6.61 Å². The summed E-state index contributed by atoms with van der Waals surface area (Å²) in [6.07, 6.45) is 3.95. The molecular formula is C28H31N3O4. The largest absolute Gasteiger partial charge is 0.493 e. The molecule has 2 aromatic carbocycles. The molecule has 3 heterocycles. The highest BCUT2D eigenvalue weighted by atomic mass is 16.5. The zero-order valence-corrected chi connectivity index (χ0v) is 20.2. The molecule has 5 rings (SSSR count). The molecule has 0 saturated carbocycles. The number of methoxy groups -OCH3 is 1. The molecule has 0 bridgehead atoms. The summed E-state index contributed by atoms with van der Waals surface area (Å²) in [4.78, 5) is 11.6. The Hall–Kier alpha value is -3.42. The lowest BCUT2D eigenvalue weighted by atomic mass is 9.99. The van der Waals surface area contributed by atoms with Crippen molar-refractivity contribution in [2.75, 3.05) is 40.0 Å². The maximum Gasteiger partial charge on any atom is 0.163 e. The summed E-state index contributed by atoms with van der Waals surface area (Å²) in [5.74, 6) is 3.05. The number of likely N-dealkylation sites (tertiary alicyclic amines) is 1. The number of piperidine rings is 1. The first kappa shape index (κ1) is 23.3. The first-order chi connectivity index (χ1) is 17.1. The lowest BCUT2D eigenvalue weighted by molar-refractivity contribution is 0.107. The summed E-state index contributed by atoms with van der Waals surface area (Å²) in [7, 11) is 1.64. The van der Waals surface area contributed by atoms with Crippen LogP contribution in [0.5, 0.6) is 23.0 Å². The second-order valence-corrected chi connectivity index (χ2v) is 9.04. The molecule has 2 aromatic heterocycles. The highest BCUT2D eigenvalue weighted by Crippen LogP contribution is 2.38. The van der Waals surface area contributed by atoms with E-state index in [2.05, 4.69) is 14.9 Å². The average Bonchev–Trinajstić information content (AvgIpc) is 2.89. The lowest BCUT2D eigenvalue weighted by Crippen LogP contribution is -2.39. The predicted molar refractivity (Wildman–Crippen MR) is 137 cm³/mol. The second-order valence-electron chi connectivity index (χ2n) is 9.04. The highest BCUT2D eigenvalue weighted by Gasteiger charge is 2.19. The molecule has 1 unspecified atom stereocenters. The third kappa shape index (κ3) is 5.16. The molecule has 1 saturated heterocycles. The Balaban J connectivity index is 1.36. The van der Waals surface area contributed by atoms with Gasteiger partial charge in [-0.25, -0.2) is 4.98 Å². The fraction of sp³-hybridized carbons (Fsp3) is 0.357. The van der Waals surface area contributed by atoms with Gasteiger partial charge in [-0.15, -0.1) is 0 Å². The molecule has 1 fully saturated rings. The Morgan fingerprint density at radius 2 is 1.91 bits per heavy atom. The van der Waals surface area contributed by atoms with E-state index in [4.69, 9.17) is 14.2 Å². The number of benzene rings is 2. The minimum atomic E-state index is 0.251. The smallest absolute Gasteiger partial charge is 0.163 e. The van der Waals surface area contributed by atoms with Crippen molar-refractivity contribution >= 4 is 21.8 Å².